The number of hydrogen-bond donors (Lipinski definition) is 1. The number of hydrogen-bond acceptors (Lipinski definition) is 5. The predicted molar refractivity (Wildman–Crippen MR) is 66.5 cm³/mol. The van der Waals surface area contributed by atoms with Crippen LogP contribution in [-0.4, -0.2) is 33.4 Å². The Hall–Kier alpha value is -0.650. The molecule has 94 valence electrons. The van der Waals surface area contributed by atoms with E-state index in [-0.39, 0.29) is 22.1 Å². The standard InChI is InChI=1S/C10H14Cl2N4O/c1-10(2)5-6(3-4-17-10)13-8-7(11)15-16-9(12)14-8/h6H,3-5H2,1-2H3,(H,13,14,16). The topological polar surface area (TPSA) is 59.9 Å². The van der Waals surface area contributed by atoms with Crippen molar-refractivity contribution in [3.8, 4) is 0 Å². The van der Waals surface area contributed by atoms with Crippen molar-refractivity contribution in [2.45, 2.75) is 38.3 Å². The third-order valence-corrected chi connectivity index (χ3v) is 3.07. The Morgan fingerprint density at radius 2 is 2.12 bits per heavy atom. The molecule has 2 rings (SSSR count). The number of nitrogens with one attached hydrogen (secondary N) is 1. The average Bonchev–Trinajstić information content (AvgIpc) is 2.22. The minimum atomic E-state index is -0.132. The van der Waals surface area contributed by atoms with E-state index >= 15 is 0 Å². The van der Waals surface area contributed by atoms with Gasteiger partial charge in [0.1, 0.15) is 0 Å². The minimum Gasteiger partial charge on any atom is -0.375 e. The summed E-state index contributed by atoms with van der Waals surface area (Å²) >= 11 is 11.6. The summed E-state index contributed by atoms with van der Waals surface area (Å²) in [7, 11) is 0. The highest BCUT2D eigenvalue weighted by Gasteiger charge is 2.29. The molecule has 17 heavy (non-hydrogen) atoms. The summed E-state index contributed by atoms with van der Waals surface area (Å²) in [4.78, 5) is 4.02. The van der Waals surface area contributed by atoms with Crippen LogP contribution in [0.2, 0.25) is 10.4 Å². The SMILES string of the molecule is CC1(C)CC(Nc2nc(Cl)nnc2Cl)CCO1. The van der Waals surface area contributed by atoms with Crippen molar-refractivity contribution in [2.24, 2.45) is 0 Å². The predicted octanol–water partition coefficient (Wildman–Crippen LogP) is 2.55. The molecule has 0 aromatic carbocycles. The lowest BCUT2D eigenvalue weighted by Gasteiger charge is -2.36. The number of anilines is 1. The lowest BCUT2D eigenvalue weighted by Crippen LogP contribution is -2.40. The number of aromatic nitrogens is 3. The molecule has 1 atom stereocenters. The lowest BCUT2D eigenvalue weighted by molar-refractivity contribution is -0.0553. The quantitative estimate of drug-likeness (QED) is 0.900. The van der Waals surface area contributed by atoms with E-state index in [1.807, 2.05) is 0 Å². The van der Waals surface area contributed by atoms with Gasteiger partial charge in [0, 0.05) is 12.6 Å². The van der Waals surface area contributed by atoms with Crippen LogP contribution in [0.4, 0.5) is 5.82 Å². The smallest absolute Gasteiger partial charge is 0.245 e. The number of nitrogens with zero attached hydrogens (tertiary/aromatic N) is 3. The van der Waals surface area contributed by atoms with Gasteiger partial charge in [0.15, 0.2) is 11.0 Å². The molecule has 0 radical (unpaired) electrons. The molecule has 1 unspecified atom stereocenters. The molecular weight excluding hydrogens is 263 g/mol. The second kappa shape index (κ2) is 4.92. The highest BCUT2D eigenvalue weighted by atomic mass is 35.5. The van der Waals surface area contributed by atoms with Crippen LogP contribution in [0.3, 0.4) is 0 Å². The second-order valence-corrected chi connectivity index (χ2v) is 5.36. The Morgan fingerprint density at radius 1 is 1.35 bits per heavy atom. The Morgan fingerprint density at radius 3 is 2.82 bits per heavy atom. The zero-order valence-electron chi connectivity index (χ0n) is 9.70. The molecule has 0 aliphatic carbocycles. The maximum Gasteiger partial charge on any atom is 0.245 e. The van der Waals surface area contributed by atoms with Crippen LogP contribution in [0.5, 0.6) is 0 Å². The van der Waals surface area contributed by atoms with Crippen molar-refractivity contribution in [1.29, 1.82) is 0 Å². The second-order valence-electron chi connectivity index (χ2n) is 4.66. The van der Waals surface area contributed by atoms with Gasteiger partial charge in [-0.25, -0.2) is 0 Å². The monoisotopic (exact) mass is 276 g/mol. The fourth-order valence-corrected chi connectivity index (χ4v) is 2.19. The van der Waals surface area contributed by atoms with Crippen LogP contribution in [0.15, 0.2) is 0 Å². The fraction of sp³-hybridized carbons (Fsp3) is 0.700. The molecule has 1 N–H and O–H groups in total. The van der Waals surface area contributed by atoms with Crippen molar-refractivity contribution in [2.75, 3.05) is 11.9 Å². The van der Waals surface area contributed by atoms with Gasteiger partial charge in [-0.05, 0) is 38.3 Å². The summed E-state index contributed by atoms with van der Waals surface area (Å²) < 4.78 is 5.64. The first kappa shape index (κ1) is 12.8. The highest BCUT2D eigenvalue weighted by Crippen LogP contribution is 2.27. The van der Waals surface area contributed by atoms with Crippen LogP contribution in [0, 0.1) is 0 Å². The average molecular weight is 277 g/mol. The van der Waals surface area contributed by atoms with Crippen molar-refractivity contribution in [3.05, 3.63) is 10.4 Å². The van der Waals surface area contributed by atoms with Crippen LogP contribution in [0.1, 0.15) is 26.7 Å². The summed E-state index contributed by atoms with van der Waals surface area (Å²) in [5.74, 6) is 0.481. The summed E-state index contributed by atoms with van der Waals surface area (Å²) in [5.41, 5.74) is -0.132. The normalized spacial score (nSPS) is 23.4. The first-order valence-electron chi connectivity index (χ1n) is 5.42. The number of halogens is 2. The van der Waals surface area contributed by atoms with Crippen LogP contribution in [0.25, 0.3) is 0 Å². The Labute approximate surface area is 110 Å². The van der Waals surface area contributed by atoms with E-state index in [0.717, 1.165) is 12.8 Å². The molecule has 2 heterocycles. The van der Waals surface area contributed by atoms with E-state index < -0.39 is 0 Å². The molecule has 1 aliphatic heterocycles. The van der Waals surface area contributed by atoms with Crippen molar-refractivity contribution in [3.63, 3.8) is 0 Å². The van der Waals surface area contributed by atoms with E-state index in [1.165, 1.54) is 0 Å². The summed E-state index contributed by atoms with van der Waals surface area (Å²) in [6.45, 7) is 4.84. The molecular formula is C10H14Cl2N4O. The van der Waals surface area contributed by atoms with Gasteiger partial charge in [-0.1, -0.05) is 11.6 Å². The molecule has 5 nitrogen and oxygen atoms in total. The lowest BCUT2D eigenvalue weighted by atomic mass is 9.94. The summed E-state index contributed by atoms with van der Waals surface area (Å²) in [6, 6.07) is 0.254. The van der Waals surface area contributed by atoms with Gasteiger partial charge < -0.3 is 10.1 Å². The van der Waals surface area contributed by atoms with E-state index in [0.29, 0.717) is 12.4 Å². The number of rotatable bonds is 2. The molecule has 0 saturated carbocycles. The maximum absolute atomic E-state index is 5.90. The maximum atomic E-state index is 5.90. The molecule has 1 aromatic heterocycles. The highest BCUT2D eigenvalue weighted by molar-refractivity contribution is 6.32. The van der Waals surface area contributed by atoms with Gasteiger partial charge in [0.2, 0.25) is 5.28 Å². The van der Waals surface area contributed by atoms with Gasteiger partial charge in [-0.2, -0.15) is 4.98 Å². The van der Waals surface area contributed by atoms with E-state index in [9.17, 15) is 0 Å². The van der Waals surface area contributed by atoms with Crippen LogP contribution in [-0.2, 0) is 4.74 Å². The van der Waals surface area contributed by atoms with Gasteiger partial charge in [0.25, 0.3) is 0 Å². The molecule has 1 aromatic rings. The number of ether oxygens (including phenoxy) is 1. The molecule has 1 fully saturated rings. The Balaban J connectivity index is 2.07. The van der Waals surface area contributed by atoms with Gasteiger partial charge in [-0.3, -0.25) is 0 Å². The van der Waals surface area contributed by atoms with E-state index in [1.54, 1.807) is 0 Å². The third-order valence-electron chi connectivity index (χ3n) is 2.66. The van der Waals surface area contributed by atoms with Crippen LogP contribution < -0.4 is 5.32 Å². The first-order chi connectivity index (χ1) is 7.96. The van der Waals surface area contributed by atoms with Gasteiger partial charge >= 0.3 is 0 Å². The zero-order valence-corrected chi connectivity index (χ0v) is 11.2. The molecule has 7 heteroatoms. The summed E-state index contributed by atoms with van der Waals surface area (Å²) in [5, 5.41) is 10.8. The van der Waals surface area contributed by atoms with Crippen molar-refractivity contribution in [1.82, 2.24) is 15.2 Å². The molecule has 0 amide bonds. The van der Waals surface area contributed by atoms with Crippen LogP contribution >= 0.6 is 23.2 Å². The molecule has 0 bridgehead atoms. The minimum absolute atomic E-state index is 0.0863. The largest absolute Gasteiger partial charge is 0.375 e. The van der Waals surface area contributed by atoms with E-state index in [4.69, 9.17) is 27.9 Å². The van der Waals surface area contributed by atoms with Gasteiger partial charge in [0.05, 0.1) is 5.60 Å². The van der Waals surface area contributed by atoms with Gasteiger partial charge in [-0.15, -0.1) is 10.2 Å². The van der Waals surface area contributed by atoms with E-state index in [2.05, 4.69) is 34.3 Å². The molecule has 1 saturated heterocycles. The molecule has 1 aliphatic rings. The summed E-state index contributed by atoms with van der Waals surface area (Å²) in [6.07, 6.45) is 1.78. The van der Waals surface area contributed by atoms with Crippen molar-refractivity contribution >= 4 is 29.0 Å². The molecule has 0 spiro atoms. The third kappa shape index (κ3) is 3.40. The Bertz CT molecular complexity index is 413. The first-order valence-corrected chi connectivity index (χ1v) is 6.18. The van der Waals surface area contributed by atoms with Crippen molar-refractivity contribution < 1.29 is 4.74 Å². The fourth-order valence-electron chi connectivity index (χ4n) is 1.93. The Kier molecular flexibility index (Phi) is 3.70. The zero-order chi connectivity index (χ0) is 12.5.